The highest BCUT2D eigenvalue weighted by Crippen LogP contribution is 2.15. The molecule has 0 N–H and O–H groups in total. The smallest absolute Gasteiger partial charge is 0.419 e. The molecular weight excluding hydrogens is 310 g/mol. The number of aromatic nitrogens is 2. The van der Waals surface area contributed by atoms with Gasteiger partial charge in [0.1, 0.15) is 11.4 Å². The number of aryl methyl sites for hydroxylation is 2. The molecule has 7 nitrogen and oxygen atoms in total. The molecule has 24 heavy (non-hydrogen) atoms. The highest BCUT2D eigenvalue weighted by atomic mass is 16.6. The van der Waals surface area contributed by atoms with Crippen molar-refractivity contribution in [2.45, 2.75) is 45.6 Å². The van der Waals surface area contributed by atoms with Crippen LogP contribution in [0.2, 0.25) is 0 Å². The van der Waals surface area contributed by atoms with Crippen LogP contribution >= 0.6 is 0 Å². The fraction of sp³-hybridized carbons (Fsp3) is 0.412. The Hall–Kier alpha value is -2.70. The summed E-state index contributed by atoms with van der Waals surface area (Å²) in [7, 11) is 0. The summed E-state index contributed by atoms with van der Waals surface area (Å²) in [5.41, 5.74) is 0.535. The summed E-state index contributed by atoms with van der Waals surface area (Å²) in [4.78, 5) is 26.5. The number of non-ortho nitro benzene ring substituents is 1. The highest BCUT2D eigenvalue weighted by molar-refractivity contribution is 5.71. The van der Waals surface area contributed by atoms with Gasteiger partial charge in [0.25, 0.3) is 5.69 Å². The summed E-state index contributed by atoms with van der Waals surface area (Å²) in [6, 6.07) is 6.49. The number of hydrogen-bond donors (Lipinski definition) is 0. The van der Waals surface area contributed by atoms with Crippen LogP contribution in [0.25, 0.3) is 0 Å². The van der Waals surface area contributed by atoms with Crippen LogP contribution in [0.5, 0.6) is 0 Å². The van der Waals surface area contributed by atoms with E-state index in [1.807, 2.05) is 20.8 Å². The molecule has 0 saturated carbocycles. The maximum absolute atomic E-state index is 12.1. The molecule has 1 aromatic carbocycles. The molecular formula is C17H21N3O4. The predicted octanol–water partition coefficient (Wildman–Crippen LogP) is 3.75. The zero-order valence-corrected chi connectivity index (χ0v) is 14.1. The minimum Gasteiger partial charge on any atom is -0.443 e. The average Bonchev–Trinajstić information content (AvgIpc) is 2.94. The van der Waals surface area contributed by atoms with Gasteiger partial charge in [-0.25, -0.2) is 14.3 Å². The first-order valence-corrected chi connectivity index (χ1v) is 7.75. The van der Waals surface area contributed by atoms with E-state index in [9.17, 15) is 14.9 Å². The monoisotopic (exact) mass is 331 g/mol. The maximum atomic E-state index is 12.1. The number of carbonyl (C=O) groups is 1. The van der Waals surface area contributed by atoms with Crippen molar-refractivity contribution in [3.05, 3.63) is 58.2 Å². The average molecular weight is 331 g/mol. The van der Waals surface area contributed by atoms with Crippen molar-refractivity contribution >= 4 is 11.8 Å². The van der Waals surface area contributed by atoms with E-state index >= 15 is 0 Å². The SMILES string of the molecule is CC(C)(C)OC(=O)n1ccnc1CCCc1ccc([N+](=O)[O-])cc1. The van der Waals surface area contributed by atoms with Crippen LogP contribution < -0.4 is 0 Å². The Morgan fingerprint density at radius 2 is 1.92 bits per heavy atom. The molecule has 0 atom stereocenters. The van der Waals surface area contributed by atoms with Crippen molar-refractivity contribution in [3.63, 3.8) is 0 Å². The van der Waals surface area contributed by atoms with Crippen LogP contribution in [0.3, 0.4) is 0 Å². The van der Waals surface area contributed by atoms with E-state index in [4.69, 9.17) is 4.74 Å². The fourth-order valence-corrected chi connectivity index (χ4v) is 2.23. The zero-order chi connectivity index (χ0) is 17.7. The first-order chi connectivity index (χ1) is 11.3. The number of nitrogens with zero attached hydrogens (tertiary/aromatic N) is 3. The number of nitro benzene ring substituents is 1. The van der Waals surface area contributed by atoms with Crippen molar-refractivity contribution in [1.82, 2.24) is 9.55 Å². The van der Waals surface area contributed by atoms with Crippen LogP contribution in [0.15, 0.2) is 36.7 Å². The van der Waals surface area contributed by atoms with E-state index in [1.54, 1.807) is 24.5 Å². The van der Waals surface area contributed by atoms with E-state index in [1.165, 1.54) is 16.7 Å². The number of benzene rings is 1. The van der Waals surface area contributed by atoms with Gasteiger partial charge in [-0.3, -0.25) is 10.1 Å². The standard InChI is InChI=1S/C17H21N3O4/c1-17(2,3)24-16(21)19-12-11-18-15(19)6-4-5-13-7-9-14(10-8-13)20(22)23/h7-12H,4-6H2,1-3H3. The Morgan fingerprint density at radius 1 is 1.25 bits per heavy atom. The van der Waals surface area contributed by atoms with Gasteiger partial charge in [0.05, 0.1) is 4.92 Å². The van der Waals surface area contributed by atoms with Crippen molar-refractivity contribution in [2.75, 3.05) is 0 Å². The second kappa shape index (κ2) is 7.25. The lowest BCUT2D eigenvalue weighted by Crippen LogP contribution is -2.27. The topological polar surface area (TPSA) is 87.3 Å². The summed E-state index contributed by atoms with van der Waals surface area (Å²) < 4.78 is 6.76. The summed E-state index contributed by atoms with van der Waals surface area (Å²) in [5.74, 6) is 0.645. The quantitative estimate of drug-likeness (QED) is 0.615. The van der Waals surface area contributed by atoms with Gasteiger partial charge in [-0.05, 0) is 39.2 Å². The largest absolute Gasteiger partial charge is 0.443 e. The molecule has 7 heteroatoms. The number of imidazole rings is 1. The molecule has 1 aromatic heterocycles. The van der Waals surface area contributed by atoms with Gasteiger partial charge in [0.15, 0.2) is 0 Å². The van der Waals surface area contributed by atoms with Crippen molar-refractivity contribution < 1.29 is 14.5 Å². The molecule has 1 heterocycles. The van der Waals surface area contributed by atoms with Gasteiger partial charge in [-0.1, -0.05) is 12.1 Å². The molecule has 128 valence electrons. The van der Waals surface area contributed by atoms with Crippen LogP contribution in [-0.4, -0.2) is 26.2 Å². The molecule has 2 rings (SSSR count). The first kappa shape index (κ1) is 17.7. The minimum absolute atomic E-state index is 0.0826. The molecule has 0 aliphatic carbocycles. The highest BCUT2D eigenvalue weighted by Gasteiger charge is 2.19. The van der Waals surface area contributed by atoms with Crippen LogP contribution in [0.4, 0.5) is 10.5 Å². The summed E-state index contributed by atoms with van der Waals surface area (Å²) in [6.45, 7) is 5.45. The third-order valence-electron chi connectivity index (χ3n) is 3.32. The van der Waals surface area contributed by atoms with Crippen molar-refractivity contribution in [3.8, 4) is 0 Å². The number of carbonyl (C=O) groups excluding carboxylic acids is 1. The maximum Gasteiger partial charge on any atom is 0.419 e. The lowest BCUT2D eigenvalue weighted by molar-refractivity contribution is -0.384. The van der Waals surface area contributed by atoms with Crippen LogP contribution in [-0.2, 0) is 17.6 Å². The third kappa shape index (κ3) is 4.91. The molecule has 0 fully saturated rings. The zero-order valence-electron chi connectivity index (χ0n) is 14.1. The Kier molecular flexibility index (Phi) is 5.33. The second-order valence-corrected chi connectivity index (χ2v) is 6.47. The van der Waals surface area contributed by atoms with Gasteiger partial charge >= 0.3 is 6.09 Å². The molecule has 0 bridgehead atoms. The molecule has 0 amide bonds. The Bertz CT molecular complexity index is 714. The lowest BCUT2D eigenvalue weighted by Gasteiger charge is -2.20. The molecule has 0 saturated heterocycles. The summed E-state index contributed by atoms with van der Waals surface area (Å²) in [5, 5.41) is 10.6. The Balaban J connectivity index is 1.92. The number of rotatable bonds is 5. The van der Waals surface area contributed by atoms with Gasteiger partial charge in [0.2, 0.25) is 0 Å². The summed E-state index contributed by atoms with van der Waals surface area (Å²) in [6.07, 6.45) is 4.87. The van der Waals surface area contributed by atoms with Gasteiger partial charge in [-0.2, -0.15) is 0 Å². The first-order valence-electron chi connectivity index (χ1n) is 7.75. The normalized spacial score (nSPS) is 11.3. The van der Waals surface area contributed by atoms with E-state index < -0.39 is 16.6 Å². The fourth-order valence-electron chi connectivity index (χ4n) is 2.23. The van der Waals surface area contributed by atoms with Crippen LogP contribution in [0, 0.1) is 10.1 Å². The minimum atomic E-state index is -0.558. The number of ether oxygens (including phenoxy) is 1. The van der Waals surface area contributed by atoms with Gasteiger partial charge < -0.3 is 4.74 Å². The van der Waals surface area contributed by atoms with Crippen molar-refractivity contribution in [2.24, 2.45) is 0 Å². The molecule has 0 unspecified atom stereocenters. The van der Waals surface area contributed by atoms with E-state index in [0.717, 1.165) is 18.4 Å². The Labute approximate surface area is 140 Å². The lowest BCUT2D eigenvalue weighted by atomic mass is 10.1. The number of nitro groups is 1. The van der Waals surface area contributed by atoms with E-state index in [0.29, 0.717) is 12.2 Å². The molecule has 0 spiro atoms. The van der Waals surface area contributed by atoms with Crippen LogP contribution in [0.1, 0.15) is 38.6 Å². The molecule has 0 aliphatic heterocycles. The molecule has 2 aromatic rings. The third-order valence-corrected chi connectivity index (χ3v) is 3.32. The molecule has 0 aliphatic rings. The van der Waals surface area contributed by atoms with Crippen molar-refractivity contribution in [1.29, 1.82) is 0 Å². The van der Waals surface area contributed by atoms with Gasteiger partial charge in [0, 0.05) is 30.9 Å². The van der Waals surface area contributed by atoms with Gasteiger partial charge in [-0.15, -0.1) is 0 Å². The Morgan fingerprint density at radius 3 is 2.50 bits per heavy atom. The number of hydrogen-bond acceptors (Lipinski definition) is 5. The van der Waals surface area contributed by atoms with E-state index in [-0.39, 0.29) is 5.69 Å². The second-order valence-electron chi connectivity index (χ2n) is 6.47. The predicted molar refractivity (Wildman–Crippen MR) is 89.0 cm³/mol. The van der Waals surface area contributed by atoms with E-state index in [2.05, 4.69) is 4.98 Å². The molecule has 0 radical (unpaired) electrons. The summed E-state index contributed by atoms with van der Waals surface area (Å²) >= 11 is 0.